The van der Waals surface area contributed by atoms with Gasteiger partial charge in [-0.1, -0.05) is 52.0 Å². The van der Waals surface area contributed by atoms with Crippen molar-refractivity contribution < 1.29 is 9.21 Å². The largest absolute Gasteiger partial charge is 0.457 e. The fraction of sp³-hybridized carbons (Fsp3) is 0.417. The van der Waals surface area contributed by atoms with Crippen LogP contribution in [-0.2, 0) is 4.79 Å². The van der Waals surface area contributed by atoms with Crippen molar-refractivity contribution in [2.45, 2.75) is 38.1 Å². The zero-order valence-electron chi connectivity index (χ0n) is 16.4. The Morgan fingerprint density at radius 2 is 1.67 bits per heavy atom. The van der Waals surface area contributed by atoms with Crippen molar-refractivity contribution in [2.24, 2.45) is 23.7 Å². The molecule has 3 nitrogen and oxygen atoms in total. The highest BCUT2D eigenvalue weighted by Crippen LogP contribution is 2.56. The normalized spacial score (nSPS) is 33.8. The number of thiocarbonyl (C=S) groups is 1. The summed E-state index contributed by atoms with van der Waals surface area (Å²) in [6.07, 6.45) is 8.39. The molecule has 1 amide bonds. The first-order valence-electron chi connectivity index (χ1n) is 10.7. The van der Waals surface area contributed by atoms with E-state index in [9.17, 15) is 4.79 Å². The summed E-state index contributed by atoms with van der Waals surface area (Å²) in [6, 6.07) is 12.2. The Labute approximate surface area is 194 Å². The van der Waals surface area contributed by atoms with Crippen LogP contribution in [0, 0.1) is 23.7 Å². The van der Waals surface area contributed by atoms with Crippen LogP contribution in [0.15, 0.2) is 50.2 Å². The van der Waals surface area contributed by atoms with Crippen LogP contribution in [0.4, 0.5) is 0 Å². The predicted octanol–water partition coefficient (Wildman–Crippen LogP) is 6.74. The van der Waals surface area contributed by atoms with E-state index in [0.717, 1.165) is 32.0 Å². The van der Waals surface area contributed by atoms with Crippen LogP contribution >= 0.6 is 39.9 Å². The lowest BCUT2D eigenvalue weighted by molar-refractivity contribution is -0.130. The fourth-order valence-corrected chi connectivity index (χ4v) is 7.97. The van der Waals surface area contributed by atoms with Gasteiger partial charge in [0.05, 0.1) is 4.91 Å². The number of halogens is 1. The third-order valence-electron chi connectivity index (χ3n) is 7.33. The van der Waals surface area contributed by atoms with Crippen LogP contribution in [-0.4, -0.2) is 21.2 Å². The van der Waals surface area contributed by atoms with Gasteiger partial charge in [-0.25, -0.2) is 0 Å². The molecule has 2 aromatic rings. The van der Waals surface area contributed by atoms with Crippen LogP contribution in [0.2, 0.25) is 0 Å². The smallest absolute Gasteiger partial charge is 0.266 e. The van der Waals surface area contributed by atoms with Gasteiger partial charge >= 0.3 is 0 Å². The lowest BCUT2D eigenvalue weighted by Gasteiger charge is -2.56. The summed E-state index contributed by atoms with van der Waals surface area (Å²) in [5.41, 5.74) is 1.01. The van der Waals surface area contributed by atoms with Crippen molar-refractivity contribution >= 4 is 56.2 Å². The number of benzene rings is 1. The minimum atomic E-state index is 0.0732. The van der Waals surface area contributed by atoms with E-state index in [4.69, 9.17) is 16.6 Å². The van der Waals surface area contributed by atoms with Crippen molar-refractivity contribution in [1.82, 2.24) is 4.90 Å². The van der Waals surface area contributed by atoms with E-state index in [0.29, 0.717) is 28.5 Å². The molecule has 7 rings (SSSR count). The number of amides is 1. The highest BCUT2D eigenvalue weighted by atomic mass is 79.9. The number of carbonyl (C=O) groups is 1. The Morgan fingerprint density at radius 1 is 1.00 bits per heavy atom. The van der Waals surface area contributed by atoms with Gasteiger partial charge in [-0.15, -0.1) is 0 Å². The van der Waals surface area contributed by atoms with E-state index < -0.39 is 0 Å². The number of thioether (sulfide) groups is 1. The first-order chi connectivity index (χ1) is 14.5. The van der Waals surface area contributed by atoms with Crippen molar-refractivity contribution in [3.05, 3.63) is 51.5 Å². The maximum Gasteiger partial charge on any atom is 0.266 e. The number of carbonyl (C=O) groups excluding carboxylic acids is 1. The maximum atomic E-state index is 13.4. The molecule has 0 radical (unpaired) electrons. The standard InChI is InChI=1S/C24H22BrNO2S2/c25-18-3-1-15(2-4-18)20-6-5-19(28-20)12-21-23(27)26(24(29)30-21)22-16-8-13-7-14(10-16)11-17(22)9-13/h1-6,12-14,16-17,22H,7-11H2/b21-12+. The number of hydrogen-bond donors (Lipinski definition) is 0. The average Bonchev–Trinajstić information content (AvgIpc) is 3.28. The molecule has 1 aliphatic heterocycles. The van der Waals surface area contributed by atoms with E-state index in [1.807, 2.05) is 47.4 Å². The average molecular weight is 500 g/mol. The highest BCUT2D eigenvalue weighted by Gasteiger charge is 2.53. The molecule has 30 heavy (non-hydrogen) atoms. The summed E-state index contributed by atoms with van der Waals surface area (Å²) in [5.74, 6) is 4.61. The Bertz CT molecular complexity index is 1030. The molecular weight excluding hydrogens is 478 g/mol. The molecule has 5 fully saturated rings. The monoisotopic (exact) mass is 499 g/mol. The minimum Gasteiger partial charge on any atom is -0.457 e. The number of rotatable bonds is 3. The van der Waals surface area contributed by atoms with Gasteiger partial charge in [-0.3, -0.25) is 9.69 Å². The zero-order chi connectivity index (χ0) is 20.4. The summed E-state index contributed by atoms with van der Waals surface area (Å²) in [4.78, 5) is 16.0. The van der Waals surface area contributed by atoms with Crippen molar-refractivity contribution in [2.75, 3.05) is 0 Å². The fourth-order valence-electron chi connectivity index (χ4n) is 6.38. The Kier molecular flexibility index (Phi) is 4.74. The second-order valence-corrected chi connectivity index (χ2v) is 11.8. The summed E-state index contributed by atoms with van der Waals surface area (Å²) < 4.78 is 7.77. The summed E-state index contributed by atoms with van der Waals surface area (Å²) in [5, 5.41) is 0. The molecule has 6 heteroatoms. The Balaban J connectivity index is 1.25. The summed E-state index contributed by atoms with van der Waals surface area (Å²) in [7, 11) is 0. The Morgan fingerprint density at radius 3 is 2.33 bits per heavy atom. The molecule has 0 spiro atoms. The highest BCUT2D eigenvalue weighted by molar-refractivity contribution is 9.10. The van der Waals surface area contributed by atoms with Crippen LogP contribution in [0.5, 0.6) is 0 Å². The van der Waals surface area contributed by atoms with Gasteiger partial charge in [0, 0.05) is 22.2 Å². The van der Waals surface area contributed by atoms with E-state index in [2.05, 4.69) is 15.9 Å². The van der Waals surface area contributed by atoms with Gasteiger partial charge in [0.2, 0.25) is 0 Å². The SMILES string of the molecule is O=C1/C(=C\c2ccc(-c3ccc(Br)cc3)o2)SC(=S)N1C1C2CC3CC(C2)CC1C3. The van der Waals surface area contributed by atoms with Gasteiger partial charge in [-0.2, -0.15) is 0 Å². The quantitative estimate of drug-likeness (QED) is 0.346. The van der Waals surface area contributed by atoms with Crippen molar-refractivity contribution in [1.29, 1.82) is 0 Å². The van der Waals surface area contributed by atoms with Gasteiger partial charge < -0.3 is 4.42 Å². The molecule has 0 unspecified atom stereocenters. The van der Waals surface area contributed by atoms with Crippen molar-refractivity contribution in [3.63, 3.8) is 0 Å². The van der Waals surface area contributed by atoms with Crippen molar-refractivity contribution in [3.8, 4) is 11.3 Å². The van der Waals surface area contributed by atoms with Crippen LogP contribution in [0.3, 0.4) is 0 Å². The summed E-state index contributed by atoms with van der Waals surface area (Å²) >= 11 is 10.6. The number of hydrogen-bond acceptors (Lipinski definition) is 4. The van der Waals surface area contributed by atoms with E-state index in [-0.39, 0.29) is 5.91 Å². The minimum absolute atomic E-state index is 0.0732. The molecule has 2 heterocycles. The molecule has 154 valence electrons. The van der Waals surface area contributed by atoms with E-state index >= 15 is 0 Å². The first kappa shape index (κ1) is 19.3. The zero-order valence-corrected chi connectivity index (χ0v) is 19.6. The first-order valence-corrected chi connectivity index (χ1v) is 12.7. The van der Waals surface area contributed by atoms with Gasteiger partial charge in [0.25, 0.3) is 5.91 Å². The summed E-state index contributed by atoms with van der Waals surface area (Å²) in [6.45, 7) is 0. The molecule has 5 aliphatic rings. The van der Waals surface area contributed by atoms with Gasteiger partial charge in [0.1, 0.15) is 15.8 Å². The third-order valence-corrected chi connectivity index (χ3v) is 9.19. The molecule has 4 saturated carbocycles. The Hall–Kier alpha value is -1.37. The molecule has 1 aromatic heterocycles. The maximum absolute atomic E-state index is 13.4. The van der Waals surface area contributed by atoms with Gasteiger partial charge in [0.15, 0.2) is 0 Å². The molecule has 0 atom stereocenters. The van der Waals surface area contributed by atoms with Crippen LogP contribution < -0.4 is 0 Å². The second kappa shape index (κ2) is 7.35. The molecular formula is C24H22BrNO2S2. The number of furan rings is 1. The van der Waals surface area contributed by atoms with E-state index in [1.54, 1.807) is 0 Å². The lowest BCUT2D eigenvalue weighted by atomic mass is 9.54. The van der Waals surface area contributed by atoms with Crippen LogP contribution in [0.1, 0.15) is 37.9 Å². The molecule has 1 saturated heterocycles. The van der Waals surface area contributed by atoms with Crippen LogP contribution in [0.25, 0.3) is 17.4 Å². The molecule has 1 aromatic carbocycles. The van der Waals surface area contributed by atoms with E-state index in [1.165, 1.54) is 43.9 Å². The molecule has 0 N–H and O–H groups in total. The second-order valence-electron chi connectivity index (χ2n) is 9.18. The topological polar surface area (TPSA) is 33.5 Å². The molecule has 4 aliphatic carbocycles. The van der Waals surface area contributed by atoms with Gasteiger partial charge in [-0.05, 0) is 80.0 Å². The lowest BCUT2D eigenvalue weighted by Crippen LogP contribution is -2.57. The molecule has 4 bridgehead atoms. The predicted molar refractivity (Wildman–Crippen MR) is 128 cm³/mol. The number of nitrogens with zero attached hydrogens (tertiary/aromatic N) is 1. The third kappa shape index (κ3) is 3.23.